The van der Waals surface area contributed by atoms with E-state index in [4.69, 9.17) is 4.74 Å². The second-order valence-corrected chi connectivity index (χ2v) is 7.50. The van der Waals surface area contributed by atoms with Crippen LogP contribution in [0.5, 0.6) is 0 Å². The predicted octanol–water partition coefficient (Wildman–Crippen LogP) is 3.05. The first-order valence-electron chi connectivity index (χ1n) is 7.45. The van der Waals surface area contributed by atoms with Crippen LogP contribution >= 0.6 is 11.3 Å². The lowest BCUT2D eigenvalue weighted by atomic mass is 10.1. The highest BCUT2D eigenvalue weighted by Gasteiger charge is 2.28. The molecule has 0 aliphatic carbocycles. The summed E-state index contributed by atoms with van der Waals surface area (Å²) >= 11 is 1.70. The summed E-state index contributed by atoms with van der Waals surface area (Å²) in [5, 5.41) is 6.05. The third-order valence-corrected chi connectivity index (χ3v) is 4.55. The van der Waals surface area contributed by atoms with Crippen LogP contribution in [0.4, 0.5) is 4.79 Å². The summed E-state index contributed by atoms with van der Waals surface area (Å²) in [7, 11) is 0. The largest absolute Gasteiger partial charge is 0.444 e. The maximum absolute atomic E-state index is 11.7. The molecule has 1 N–H and O–H groups in total. The Kier molecular flexibility index (Phi) is 5.22. The van der Waals surface area contributed by atoms with Gasteiger partial charge >= 0.3 is 6.09 Å². The van der Waals surface area contributed by atoms with Crippen LogP contribution in [0.15, 0.2) is 11.6 Å². The zero-order chi connectivity index (χ0) is 15.5. The summed E-state index contributed by atoms with van der Waals surface area (Å²) < 4.78 is 5.26. The highest BCUT2D eigenvalue weighted by molar-refractivity contribution is 7.09. The van der Waals surface area contributed by atoms with Crippen LogP contribution in [0.2, 0.25) is 0 Å². The molecule has 0 bridgehead atoms. The molecule has 1 fully saturated rings. The van der Waals surface area contributed by atoms with Crippen molar-refractivity contribution in [3.8, 4) is 0 Å². The molecule has 21 heavy (non-hydrogen) atoms. The quantitative estimate of drug-likeness (QED) is 0.928. The maximum atomic E-state index is 11.7. The number of likely N-dealkylation sites (tertiary alicyclic amines) is 1. The minimum Gasteiger partial charge on any atom is -0.444 e. The minimum atomic E-state index is -0.439. The molecule has 118 valence electrons. The minimum absolute atomic E-state index is 0.325. The Hall–Kier alpha value is -1.14. The number of rotatable bonds is 4. The van der Waals surface area contributed by atoms with Crippen LogP contribution in [0.25, 0.3) is 0 Å². The van der Waals surface area contributed by atoms with Gasteiger partial charge in [-0.25, -0.2) is 9.78 Å². The fourth-order valence-corrected chi connectivity index (χ4v) is 3.25. The molecule has 0 saturated carbocycles. The standard InChI is InChI=1S/C15H25N3O2S/c1-11(13-16-6-8-21-13)18-7-5-12(10-18)9-17-14(19)20-15(2,3)4/h6,8,11-12H,5,7,9-10H2,1-4H3,(H,17,19). The number of amides is 1. The Labute approximate surface area is 130 Å². The lowest BCUT2D eigenvalue weighted by molar-refractivity contribution is 0.0519. The number of aromatic nitrogens is 1. The number of nitrogens with one attached hydrogen (secondary N) is 1. The fraction of sp³-hybridized carbons (Fsp3) is 0.733. The zero-order valence-electron chi connectivity index (χ0n) is 13.3. The molecule has 1 aliphatic rings. The number of carbonyl (C=O) groups excluding carboxylic acids is 1. The van der Waals surface area contributed by atoms with Gasteiger partial charge in [0, 0.05) is 24.7 Å². The molecule has 6 heteroatoms. The Balaban J connectivity index is 1.74. The Bertz CT molecular complexity index is 456. The number of nitrogens with zero attached hydrogens (tertiary/aromatic N) is 2. The highest BCUT2D eigenvalue weighted by Crippen LogP contribution is 2.28. The van der Waals surface area contributed by atoms with Gasteiger partial charge in [0.2, 0.25) is 0 Å². The SMILES string of the molecule is CC(c1nccs1)N1CCC(CNC(=O)OC(C)(C)C)C1. The second kappa shape index (κ2) is 6.75. The van der Waals surface area contributed by atoms with Crippen LogP contribution < -0.4 is 5.32 Å². The van der Waals surface area contributed by atoms with Gasteiger partial charge in [0.1, 0.15) is 10.6 Å². The van der Waals surface area contributed by atoms with Gasteiger partial charge in [-0.3, -0.25) is 4.90 Å². The van der Waals surface area contributed by atoms with Crippen LogP contribution in [0.3, 0.4) is 0 Å². The fourth-order valence-electron chi connectivity index (χ4n) is 2.52. The van der Waals surface area contributed by atoms with Gasteiger partial charge in [-0.2, -0.15) is 0 Å². The van der Waals surface area contributed by atoms with Gasteiger partial charge in [0.05, 0.1) is 6.04 Å². The average Bonchev–Trinajstić information content (AvgIpc) is 3.05. The number of alkyl carbamates (subject to hydrolysis) is 1. The van der Waals surface area contributed by atoms with Gasteiger partial charge in [0.15, 0.2) is 0 Å². The van der Waals surface area contributed by atoms with E-state index in [9.17, 15) is 4.79 Å². The molecule has 0 spiro atoms. The van der Waals surface area contributed by atoms with Crippen LogP contribution in [-0.2, 0) is 4.74 Å². The van der Waals surface area contributed by atoms with Gasteiger partial charge in [-0.1, -0.05) is 0 Å². The summed E-state index contributed by atoms with van der Waals surface area (Å²) in [6, 6.07) is 0.358. The smallest absolute Gasteiger partial charge is 0.407 e. The summed E-state index contributed by atoms with van der Waals surface area (Å²) in [4.78, 5) is 18.5. The van der Waals surface area contributed by atoms with E-state index >= 15 is 0 Å². The summed E-state index contributed by atoms with van der Waals surface area (Å²) in [5.74, 6) is 0.486. The molecule has 2 unspecified atom stereocenters. The van der Waals surface area contributed by atoms with Gasteiger partial charge in [-0.15, -0.1) is 11.3 Å². The molecule has 1 saturated heterocycles. The van der Waals surface area contributed by atoms with E-state index < -0.39 is 5.60 Å². The Morgan fingerprint density at radius 3 is 3.00 bits per heavy atom. The van der Waals surface area contributed by atoms with E-state index in [2.05, 4.69) is 22.1 Å². The third-order valence-electron chi connectivity index (χ3n) is 3.61. The number of carbonyl (C=O) groups is 1. The van der Waals surface area contributed by atoms with Gasteiger partial charge in [0.25, 0.3) is 0 Å². The van der Waals surface area contributed by atoms with Crippen LogP contribution in [-0.4, -0.2) is 41.2 Å². The molecule has 2 rings (SSSR count). The predicted molar refractivity (Wildman–Crippen MR) is 84.4 cm³/mol. The monoisotopic (exact) mass is 311 g/mol. The summed E-state index contributed by atoms with van der Waals surface area (Å²) in [5.41, 5.74) is -0.439. The molecule has 1 aromatic heterocycles. The first-order chi connectivity index (χ1) is 9.85. The zero-order valence-corrected chi connectivity index (χ0v) is 14.1. The van der Waals surface area contributed by atoms with Crippen LogP contribution in [0.1, 0.15) is 45.2 Å². The Morgan fingerprint density at radius 1 is 1.62 bits per heavy atom. The van der Waals surface area contributed by atoms with Crippen molar-refractivity contribution in [2.75, 3.05) is 19.6 Å². The molecular weight excluding hydrogens is 286 g/mol. The number of ether oxygens (including phenoxy) is 1. The van der Waals surface area contributed by atoms with E-state index in [1.165, 1.54) is 0 Å². The topological polar surface area (TPSA) is 54.5 Å². The van der Waals surface area contributed by atoms with Gasteiger partial charge in [-0.05, 0) is 46.6 Å². The number of hydrogen-bond donors (Lipinski definition) is 1. The average molecular weight is 311 g/mol. The maximum Gasteiger partial charge on any atom is 0.407 e. The van der Waals surface area contributed by atoms with Gasteiger partial charge < -0.3 is 10.1 Å². The molecular formula is C15H25N3O2S. The number of thiazole rings is 1. The summed E-state index contributed by atoms with van der Waals surface area (Å²) in [6.07, 6.45) is 2.63. The van der Waals surface area contributed by atoms with Crippen molar-refractivity contribution in [1.82, 2.24) is 15.2 Å². The highest BCUT2D eigenvalue weighted by atomic mass is 32.1. The summed E-state index contributed by atoms with van der Waals surface area (Å²) in [6.45, 7) is 10.6. The molecule has 1 aliphatic heterocycles. The van der Waals surface area contributed by atoms with E-state index in [0.29, 0.717) is 18.5 Å². The van der Waals surface area contributed by atoms with Crippen LogP contribution in [0, 0.1) is 5.92 Å². The first kappa shape index (κ1) is 16.2. The van der Waals surface area contributed by atoms with E-state index in [0.717, 1.165) is 24.5 Å². The van der Waals surface area contributed by atoms with Crippen molar-refractivity contribution in [2.24, 2.45) is 5.92 Å². The molecule has 1 aromatic rings. The lowest BCUT2D eigenvalue weighted by Crippen LogP contribution is -2.36. The van der Waals surface area contributed by atoms with E-state index in [1.54, 1.807) is 11.3 Å². The van der Waals surface area contributed by atoms with Crippen molar-refractivity contribution in [2.45, 2.75) is 45.8 Å². The van der Waals surface area contributed by atoms with Crippen molar-refractivity contribution >= 4 is 17.4 Å². The van der Waals surface area contributed by atoms with Crippen molar-refractivity contribution in [3.63, 3.8) is 0 Å². The third kappa shape index (κ3) is 4.97. The normalized spacial score (nSPS) is 21.2. The molecule has 2 heterocycles. The van der Waals surface area contributed by atoms with Crippen molar-refractivity contribution in [3.05, 3.63) is 16.6 Å². The van der Waals surface area contributed by atoms with E-state index in [1.807, 2.05) is 32.3 Å². The first-order valence-corrected chi connectivity index (χ1v) is 8.33. The molecule has 5 nitrogen and oxygen atoms in total. The Morgan fingerprint density at radius 2 is 2.38 bits per heavy atom. The molecule has 0 radical (unpaired) electrons. The lowest BCUT2D eigenvalue weighted by Gasteiger charge is -2.23. The molecule has 1 amide bonds. The van der Waals surface area contributed by atoms with Crippen molar-refractivity contribution < 1.29 is 9.53 Å². The molecule has 0 aromatic carbocycles. The van der Waals surface area contributed by atoms with E-state index in [-0.39, 0.29) is 6.09 Å². The number of hydrogen-bond acceptors (Lipinski definition) is 5. The van der Waals surface area contributed by atoms with Crippen molar-refractivity contribution in [1.29, 1.82) is 0 Å². The molecule has 2 atom stereocenters. The second-order valence-electron chi connectivity index (χ2n) is 6.58.